The molecular weight excluding hydrogens is 443 g/mol. The molecule has 24 heavy (non-hydrogen) atoms. The molecule has 0 aliphatic heterocycles. The molecule has 0 radical (unpaired) electrons. The molecule has 5 nitrogen and oxygen atoms in total. The molecule has 0 saturated heterocycles. The maximum atomic E-state index is 13.2. The van der Waals surface area contributed by atoms with Crippen LogP contribution < -0.4 is 0 Å². The number of nitrogens with zero attached hydrogens (tertiary/aromatic N) is 2. The van der Waals surface area contributed by atoms with Crippen LogP contribution in [0.2, 0.25) is 5.02 Å². The standard InChI is InChI=1S/C17H14ClIN2O3/c1-8-12(18)5-10(6-13(8)19)17(24)16-15(9(2)22)20-14-7-11(23)3-4-21(14)16/h3-7,9,22-23H,1-2H3/i3D,4D,7D. The molecular formula is C17H14ClIN2O3. The number of carbonyl (C=O) groups excluding carboxylic acids is 1. The molecule has 1 atom stereocenters. The molecule has 2 N–H and O–H groups in total. The number of rotatable bonds is 3. The van der Waals surface area contributed by atoms with Gasteiger partial charge >= 0.3 is 0 Å². The lowest BCUT2D eigenvalue weighted by Gasteiger charge is -2.09. The SMILES string of the molecule is [2H]c1c(O)c([2H])c2nc(C(C)O)c(C(=O)c3cc(Cl)c(C)c(I)c3)n2c1[2H]. The van der Waals surface area contributed by atoms with Gasteiger partial charge in [0.25, 0.3) is 0 Å². The molecule has 2 heterocycles. The highest BCUT2D eigenvalue weighted by Gasteiger charge is 2.24. The van der Waals surface area contributed by atoms with Crippen LogP contribution in [0.25, 0.3) is 5.65 Å². The molecule has 2 aromatic heterocycles. The summed E-state index contributed by atoms with van der Waals surface area (Å²) in [6.07, 6.45) is -1.67. The first-order valence-corrected chi connectivity index (χ1v) is 8.41. The van der Waals surface area contributed by atoms with Crippen LogP contribution in [0.15, 0.2) is 30.4 Å². The first-order valence-electron chi connectivity index (χ1n) is 8.45. The first kappa shape index (κ1) is 13.6. The van der Waals surface area contributed by atoms with Crippen LogP contribution in [-0.4, -0.2) is 25.4 Å². The number of aromatic nitrogens is 2. The normalized spacial score (nSPS) is 14.3. The van der Waals surface area contributed by atoms with Gasteiger partial charge in [-0.25, -0.2) is 4.98 Å². The minimum atomic E-state index is -1.17. The molecule has 3 rings (SSSR count). The van der Waals surface area contributed by atoms with E-state index in [0.29, 0.717) is 5.02 Å². The third-order valence-electron chi connectivity index (χ3n) is 3.57. The van der Waals surface area contributed by atoms with Crippen molar-refractivity contribution in [2.24, 2.45) is 0 Å². The van der Waals surface area contributed by atoms with E-state index in [2.05, 4.69) is 27.6 Å². The van der Waals surface area contributed by atoms with Gasteiger partial charge in [-0.05, 0) is 60.2 Å². The van der Waals surface area contributed by atoms with Crippen LogP contribution in [-0.2, 0) is 0 Å². The number of carbonyl (C=O) groups is 1. The van der Waals surface area contributed by atoms with E-state index >= 15 is 0 Å². The van der Waals surface area contributed by atoms with Crippen molar-refractivity contribution >= 4 is 45.6 Å². The van der Waals surface area contributed by atoms with Gasteiger partial charge in [-0.1, -0.05) is 11.6 Å². The lowest BCUT2D eigenvalue weighted by atomic mass is 10.0. The summed E-state index contributed by atoms with van der Waals surface area (Å²) in [5, 5.41) is 20.3. The van der Waals surface area contributed by atoms with Crippen molar-refractivity contribution in [1.82, 2.24) is 9.38 Å². The van der Waals surface area contributed by atoms with E-state index < -0.39 is 35.9 Å². The fourth-order valence-corrected chi connectivity index (χ4v) is 3.30. The zero-order chi connectivity index (χ0) is 20.2. The van der Waals surface area contributed by atoms with E-state index in [1.54, 1.807) is 6.07 Å². The molecule has 0 amide bonds. The quantitative estimate of drug-likeness (QED) is 0.460. The number of benzene rings is 1. The van der Waals surface area contributed by atoms with Crippen molar-refractivity contribution in [3.63, 3.8) is 0 Å². The Labute approximate surface area is 161 Å². The zero-order valence-corrected chi connectivity index (χ0v) is 15.6. The second-order valence-corrected chi connectivity index (χ2v) is 6.85. The average Bonchev–Trinajstić information content (AvgIpc) is 3.02. The second kappa shape index (κ2) is 6.34. The van der Waals surface area contributed by atoms with Crippen molar-refractivity contribution in [2.45, 2.75) is 20.0 Å². The molecule has 0 saturated carbocycles. The summed E-state index contributed by atoms with van der Waals surface area (Å²) in [5.41, 5.74) is 0.682. The van der Waals surface area contributed by atoms with Crippen molar-refractivity contribution in [3.8, 4) is 5.75 Å². The Morgan fingerprint density at radius 2 is 2.21 bits per heavy atom. The lowest BCUT2D eigenvalue weighted by Crippen LogP contribution is -2.10. The highest BCUT2D eigenvalue weighted by atomic mass is 127. The molecule has 0 fully saturated rings. The van der Waals surface area contributed by atoms with Crippen molar-refractivity contribution < 1.29 is 19.1 Å². The monoisotopic (exact) mass is 459 g/mol. The van der Waals surface area contributed by atoms with Gasteiger partial charge in [0, 0.05) is 26.4 Å². The Kier molecular flexibility index (Phi) is 3.60. The van der Waals surface area contributed by atoms with Crippen LogP contribution in [0.3, 0.4) is 0 Å². The molecule has 7 heteroatoms. The minimum Gasteiger partial charge on any atom is -0.508 e. The summed E-state index contributed by atoms with van der Waals surface area (Å²) in [6.45, 7) is 3.22. The highest BCUT2D eigenvalue weighted by Crippen LogP contribution is 2.28. The van der Waals surface area contributed by atoms with Crippen LogP contribution in [0, 0.1) is 10.5 Å². The van der Waals surface area contributed by atoms with E-state index in [9.17, 15) is 15.0 Å². The molecule has 0 aliphatic rings. The predicted molar refractivity (Wildman–Crippen MR) is 99.8 cm³/mol. The van der Waals surface area contributed by atoms with E-state index in [-0.39, 0.29) is 22.6 Å². The Hall–Kier alpha value is -1.64. The van der Waals surface area contributed by atoms with Crippen molar-refractivity contribution in [3.05, 3.63) is 61.5 Å². The van der Waals surface area contributed by atoms with Gasteiger partial charge < -0.3 is 10.2 Å². The van der Waals surface area contributed by atoms with Crippen LogP contribution in [0.4, 0.5) is 0 Å². The maximum absolute atomic E-state index is 13.2. The van der Waals surface area contributed by atoms with Gasteiger partial charge in [0.1, 0.15) is 17.1 Å². The molecule has 0 bridgehead atoms. The number of fused-ring (bicyclic) bond motifs is 1. The Bertz CT molecular complexity index is 1090. The minimum absolute atomic E-state index is 0.0429. The molecule has 124 valence electrons. The summed E-state index contributed by atoms with van der Waals surface area (Å²) in [5.74, 6) is -1.27. The van der Waals surface area contributed by atoms with Gasteiger partial charge in [0.05, 0.1) is 15.9 Å². The Balaban J connectivity index is 2.40. The molecule has 0 aliphatic carbocycles. The number of aliphatic hydroxyl groups is 1. The predicted octanol–water partition coefficient (Wildman–Crippen LogP) is 3.89. The van der Waals surface area contributed by atoms with E-state index in [1.807, 2.05) is 6.92 Å². The number of hydrogen-bond acceptors (Lipinski definition) is 4. The zero-order valence-electron chi connectivity index (χ0n) is 15.7. The fourth-order valence-electron chi connectivity index (χ4n) is 2.30. The number of imidazole rings is 1. The van der Waals surface area contributed by atoms with Crippen LogP contribution >= 0.6 is 34.2 Å². The first-order chi connectivity index (χ1) is 12.6. The average molecular weight is 460 g/mol. The smallest absolute Gasteiger partial charge is 0.211 e. The number of pyridine rings is 1. The topological polar surface area (TPSA) is 74.8 Å². The van der Waals surface area contributed by atoms with E-state index in [1.165, 1.54) is 13.0 Å². The fraction of sp³-hybridized carbons (Fsp3) is 0.176. The third-order valence-corrected chi connectivity index (χ3v) is 5.09. The van der Waals surface area contributed by atoms with Crippen molar-refractivity contribution in [2.75, 3.05) is 0 Å². The summed E-state index contributed by atoms with van der Waals surface area (Å²) >= 11 is 8.24. The Morgan fingerprint density at radius 1 is 1.50 bits per heavy atom. The summed E-state index contributed by atoms with van der Waals surface area (Å²) in [6, 6.07) is 2.02. The summed E-state index contributed by atoms with van der Waals surface area (Å²) in [7, 11) is 0. The molecule has 0 spiro atoms. The van der Waals surface area contributed by atoms with Crippen molar-refractivity contribution in [1.29, 1.82) is 0 Å². The largest absolute Gasteiger partial charge is 0.508 e. The number of halogens is 2. The van der Waals surface area contributed by atoms with E-state index in [0.717, 1.165) is 13.5 Å². The molecule has 1 unspecified atom stereocenters. The van der Waals surface area contributed by atoms with Gasteiger partial charge in [0.2, 0.25) is 5.78 Å². The number of hydrogen-bond donors (Lipinski definition) is 2. The second-order valence-electron chi connectivity index (χ2n) is 5.29. The highest BCUT2D eigenvalue weighted by molar-refractivity contribution is 14.1. The molecule has 1 aromatic carbocycles. The Morgan fingerprint density at radius 3 is 2.83 bits per heavy atom. The maximum Gasteiger partial charge on any atom is 0.211 e. The number of aliphatic hydroxyl groups excluding tert-OH is 1. The summed E-state index contributed by atoms with van der Waals surface area (Å²) in [4.78, 5) is 17.3. The van der Waals surface area contributed by atoms with Gasteiger partial charge in [0.15, 0.2) is 0 Å². The van der Waals surface area contributed by atoms with Crippen LogP contribution in [0.5, 0.6) is 5.75 Å². The number of ketones is 1. The van der Waals surface area contributed by atoms with Gasteiger partial charge in [-0.15, -0.1) is 0 Å². The summed E-state index contributed by atoms with van der Waals surface area (Å²) < 4.78 is 25.7. The van der Waals surface area contributed by atoms with Crippen LogP contribution in [0.1, 0.15) is 44.4 Å². The van der Waals surface area contributed by atoms with E-state index in [4.69, 9.17) is 15.7 Å². The van der Waals surface area contributed by atoms with Gasteiger partial charge in [-0.3, -0.25) is 9.20 Å². The third kappa shape index (κ3) is 2.89. The number of aromatic hydroxyl groups is 1. The van der Waals surface area contributed by atoms with Gasteiger partial charge in [-0.2, -0.15) is 0 Å². The molecule has 3 aromatic rings. The lowest BCUT2D eigenvalue weighted by molar-refractivity contribution is 0.102.